The smallest absolute Gasteiger partial charge is 0.341 e. The van der Waals surface area contributed by atoms with Gasteiger partial charge in [-0.05, 0) is 35.4 Å². The van der Waals surface area contributed by atoms with Crippen LogP contribution in [0.1, 0.15) is 5.69 Å². The van der Waals surface area contributed by atoms with Crippen LogP contribution in [-0.2, 0) is 35.3 Å². The van der Waals surface area contributed by atoms with Gasteiger partial charge in [-0.3, -0.25) is 48.6 Å². The van der Waals surface area contributed by atoms with E-state index in [1.807, 2.05) is 4.90 Å². The van der Waals surface area contributed by atoms with Crippen LogP contribution in [0.15, 0.2) is 36.5 Å². The predicted molar refractivity (Wildman–Crippen MR) is 178 cm³/mol. The van der Waals surface area contributed by atoms with E-state index in [1.54, 1.807) is 39.1 Å². The molecule has 2 heterocycles. The standard InChI is InChI=1S/C32H42N6O13/c39-27(40)16-35-7-5-34(6-8-36(17-28(41)42)10-12-37(11-9-35)18-29(43)44)15-24-13-23(3-4-33-24)22-1-2-26(51-21-32(49)50)25(14-22)38(19-30(45)46)20-31(47)48/h1-4,13-14H,5-12,15-21H2,(H,39,40)(H,41,42)(H,43,44)(H,45,46)(H,47,48)(H,49,50). The number of aliphatic carboxylic acids is 6. The van der Waals surface area contributed by atoms with Crippen LogP contribution < -0.4 is 9.64 Å². The molecule has 51 heavy (non-hydrogen) atoms. The van der Waals surface area contributed by atoms with Crippen LogP contribution in [0.25, 0.3) is 11.1 Å². The number of hydrogen-bond acceptors (Lipinski definition) is 13. The van der Waals surface area contributed by atoms with Gasteiger partial charge in [-0.1, -0.05) is 6.07 Å². The number of nitrogens with zero attached hydrogens (tertiary/aromatic N) is 6. The van der Waals surface area contributed by atoms with E-state index in [0.717, 1.165) is 4.90 Å². The number of benzene rings is 1. The lowest BCUT2D eigenvalue weighted by molar-refractivity contribution is -0.140. The van der Waals surface area contributed by atoms with Gasteiger partial charge in [0.25, 0.3) is 0 Å². The van der Waals surface area contributed by atoms with E-state index in [-0.39, 0.29) is 63.8 Å². The number of ether oxygens (including phenoxy) is 1. The first-order valence-corrected chi connectivity index (χ1v) is 15.9. The van der Waals surface area contributed by atoms with Gasteiger partial charge in [0, 0.05) is 65.1 Å². The minimum Gasteiger partial charge on any atom is -0.480 e. The number of hydrogen-bond donors (Lipinski definition) is 6. The Labute approximate surface area is 292 Å². The Morgan fingerprint density at radius 2 is 1.04 bits per heavy atom. The topological polar surface area (TPSA) is 262 Å². The summed E-state index contributed by atoms with van der Waals surface area (Å²) in [5.41, 5.74) is 1.78. The summed E-state index contributed by atoms with van der Waals surface area (Å²) in [5.74, 6) is -7.07. The van der Waals surface area contributed by atoms with Crippen LogP contribution in [0.5, 0.6) is 5.75 Å². The van der Waals surface area contributed by atoms with Gasteiger partial charge in [0.15, 0.2) is 6.61 Å². The van der Waals surface area contributed by atoms with Crippen LogP contribution in [0, 0.1) is 0 Å². The molecule has 19 heteroatoms. The molecule has 3 rings (SSSR count). The minimum absolute atomic E-state index is 0.0276. The zero-order valence-electron chi connectivity index (χ0n) is 27.8. The van der Waals surface area contributed by atoms with Gasteiger partial charge in [-0.25, -0.2) is 4.79 Å². The second kappa shape index (κ2) is 19.7. The predicted octanol–water partition coefficient (Wildman–Crippen LogP) is -0.837. The van der Waals surface area contributed by atoms with Crippen LogP contribution in [0.2, 0.25) is 0 Å². The average molecular weight is 719 g/mol. The van der Waals surface area contributed by atoms with Crippen molar-refractivity contribution in [3.63, 3.8) is 0 Å². The summed E-state index contributed by atoms with van der Waals surface area (Å²) in [4.78, 5) is 81.6. The minimum atomic E-state index is -1.32. The van der Waals surface area contributed by atoms with E-state index in [9.17, 15) is 54.3 Å². The number of rotatable bonds is 17. The summed E-state index contributed by atoms with van der Waals surface area (Å²) in [5, 5.41) is 56.4. The Morgan fingerprint density at radius 1 is 0.588 bits per heavy atom. The van der Waals surface area contributed by atoms with E-state index < -0.39 is 55.5 Å². The molecule has 1 fully saturated rings. The third-order valence-corrected chi connectivity index (χ3v) is 7.84. The number of carboxylic acid groups (broad SMARTS) is 6. The monoisotopic (exact) mass is 718 g/mol. The molecule has 2 aromatic rings. The molecule has 1 aliphatic rings. The maximum Gasteiger partial charge on any atom is 0.341 e. The van der Waals surface area contributed by atoms with E-state index >= 15 is 0 Å². The van der Waals surface area contributed by atoms with Gasteiger partial charge >= 0.3 is 35.8 Å². The first kappa shape index (κ1) is 40.1. The molecule has 0 aliphatic carbocycles. The zero-order valence-corrected chi connectivity index (χ0v) is 27.8. The molecule has 0 unspecified atom stereocenters. The van der Waals surface area contributed by atoms with Crippen molar-refractivity contribution in [2.75, 3.05) is 96.6 Å². The highest BCUT2D eigenvalue weighted by atomic mass is 16.5. The van der Waals surface area contributed by atoms with Gasteiger partial charge in [0.05, 0.1) is 31.0 Å². The van der Waals surface area contributed by atoms with Crippen LogP contribution >= 0.6 is 0 Å². The first-order chi connectivity index (χ1) is 24.2. The number of anilines is 1. The van der Waals surface area contributed by atoms with Gasteiger partial charge in [0.1, 0.15) is 18.8 Å². The Kier molecular flexibility index (Phi) is 15.5. The average Bonchev–Trinajstić information content (AvgIpc) is 3.03. The molecule has 1 saturated heterocycles. The van der Waals surface area contributed by atoms with Crippen molar-refractivity contribution in [2.24, 2.45) is 0 Å². The summed E-state index contributed by atoms with van der Waals surface area (Å²) in [6, 6.07) is 7.98. The quantitative estimate of drug-likeness (QED) is 0.116. The highest BCUT2D eigenvalue weighted by Crippen LogP contribution is 2.34. The fourth-order valence-corrected chi connectivity index (χ4v) is 5.52. The van der Waals surface area contributed by atoms with E-state index in [0.29, 0.717) is 43.0 Å². The molecule has 278 valence electrons. The van der Waals surface area contributed by atoms with E-state index in [4.69, 9.17) is 9.84 Å². The lowest BCUT2D eigenvalue weighted by Gasteiger charge is -2.33. The van der Waals surface area contributed by atoms with Gasteiger partial charge in [-0.2, -0.15) is 0 Å². The van der Waals surface area contributed by atoms with Crippen molar-refractivity contribution in [3.8, 4) is 16.9 Å². The molecule has 6 N–H and O–H groups in total. The summed E-state index contributed by atoms with van der Waals surface area (Å²) in [6.07, 6.45) is 1.55. The number of pyridine rings is 1. The van der Waals surface area contributed by atoms with Crippen molar-refractivity contribution >= 4 is 41.5 Å². The molecule has 0 spiro atoms. The molecule has 0 saturated carbocycles. The third-order valence-electron chi connectivity index (χ3n) is 7.84. The molecular weight excluding hydrogens is 676 g/mol. The highest BCUT2D eigenvalue weighted by Gasteiger charge is 2.22. The van der Waals surface area contributed by atoms with E-state index in [1.165, 1.54) is 12.1 Å². The van der Waals surface area contributed by atoms with Crippen molar-refractivity contribution in [3.05, 3.63) is 42.2 Å². The second-order valence-electron chi connectivity index (χ2n) is 11.8. The first-order valence-electron chi connectivity index (χ1n) is 15.9. The fraction of sp³-hybridized carbons (Fsp3) is 0.469. The summed E-state index contributed by atoms with van der Waals surface area (Å²) >= 11 is 0. The lowest BCUT2D eigenvalue weighted by Crippen LogP contribution is -2.48. The largest absolute Gasteiger partial charge is 0.480 e. The van der Waals surface area contributed by atoms with Gasteiger partial charge < -0.3 is 40.3 Å². The van der Waals surface area contributed by atoms with Crippen LogP contribution in [-0.4, -0.2) is 183 Å². The molecule has 1 aromatic carbocycles. The normalized spacial score (nSPS) is 15.6. The zero-order chi connectivity index (χ0) is 37.5. The van der Waals surface area contributed by atoms with Crippen molar-refractivity contribution in [1.29, 1.82) is 0 Å². The Bertz CT molecular complexity index is 1510. The van der Waals surface area contributed by atoms with Crippen LogP contribution in [0.3, 0.4) is 0 Å². The molecule has 0 atom stereocenters. The molecule has 0 radical (unpaired) electrons. The number of carboxylic acids is 6. The fourth-order valence-electron chi connectivity index (χ4n) is 5.52. The molecule has 1 aromatic heterocycles. The van der Waals surface area contributed by atoms with Gasteiger partial charge in [0.2, 0.25) is 0 Å². The Hall–Kier alpha value is -5.37. The maximum absolute atomic E-state index is 11.6. The summed E-state index contributed by atoms with van der Waals surface area (Å²) in [6.45, 7) is -0.214. The van der Waals surface area contributed by atoms with Gasteiger partial charge in [-0.15, -0.1) is 0 Å². The molecule has 1 aliphatic heterocycles. The summed E-state index contributed by atoms with van der Waals surface area (Å²) < 4.78 is 5.35. The highest BCUT2D eigenvalue weighted by molar-refractivity contribution is 5.83. The second-order valence-corrected chi connectivity index (χ2v) is 11.8. The molecule has 0 bridgehead atoms. The molecule has 19 nitrogen and oxygen atoms in total. The Morgan fingerprint density at radius 3 is 1.47 bits per heavy atom. The Balaban J connectivity index is 1.92. The SMILES string of the molecule is O=C(O)COc1ccc(-c2ccnc(CN3CCN(CC(=O)O)CCN(CC(=O)O)CCN(CC(=O)O)CC3)c2)cc1N(CC(=O)O)CC(=O)O. The number of aromatic nitrogens is 1. The molecular formula is C32H42N6O13. The van der Waals surface area contributed by atoms with E-state index in [2.05, 4.69) is 4.98 Å². The maximum atomic E-state index is 11.6. The lowest BCUT2D eigenvalue weighted by atomic mass is 10.0. The number of carbonyl (C=O) groups is 6. The van der Waals surface area contributed by atoms with Crippen molar-refractivity contribution in [2.45, 2.75) is 6.54 Å². The van der Waals surface area contributed by atoms with Crippen LogP contribution in [0.4, 0.5) is 5.69 Å². The molecule has 0 amide bonds. The third kappa shape index (κ3) is 14.6. The van der Waals surface area contributed by atoms with Crippen molar-refractivity contribution < 1.29 is 64.1 Å². The summed E-state index contributed by atoms with van der Waals surface area (Å²) in [7, 11) is 0. The van der Waals surface area contributed by atoms with Crippen molar-refractivity contribution in [1.82, 2.24) is 24.6 Å².